The molecule has 0 fully saturated rings. The van der Waals surface area contributed by atoms with Crippen molar-refractivity contribution < 1.29 is 18.3 Å². The minimum atomic E-state index is -2.90. The third-order valence-electron chi connectivity index (χ3n) is 3.40. The zero-order valence-corrected chi connectivity index (χ0v) is 14.0. The van der Waals surface area contributed by atoms with E-state index in [1.807, 2.05) is 6.92 Å². The maximum Gasteiger partial charge on any atom is 0.387 e. The maximum absolute atomic E-state index is 12.5. The number of nitrogens with zero attached hydrogens (tertiary/aromatic N) is 4. The molecule has 8 heteroatoms. The molecular weight excluding hydrogens is 342 g/mol. The second kappa shape index (κ2) is 8.28. The number of rotatable bonds is 7. The molecule has 2 heterocycles. The average molecular weight is 358 g/mol. The summed E-state index contributed by atoms with van der Waals surface area (Å²) in [6.07, 6.45) is 6.94. The summed E-state index contributed by atoms with van der Waals surface area (Å²) in [6.45, 7) is -0.662. The fraction of sp³-hybridized carbons (Fsp3) is 0.222. The van der Waals surface area contributed by atoms with Crippen molar-refractivity contribution in [1.29, 1.82) is 0 Å². The molecule has 0 aliphatic rings. The van der Waals surface area contributed by atoms with Crippen molar-refractivity contribution in [1.82, 2.24) is 19.9 Å². The van der Waals surface area contributed by atoms with Crippen molar-refractivity contribution in [3.63, 3.8) is 0 Å². The fourth-order valence-electron chi connectivity index (χ4n) is 2.38. The molecule has 0 aliphatic carbocycles. The number of halogens is 2. The van der Waals surface area contributed by atoms with E-state index in [1.54, 1.807) is 30.7 Å². The summed E-state index contributed by atoms with van der Waals surface area (Å²) in [5.41, 5.74) is 2.59. The highest BCUT2D eigenvalue weighted by Gasteiger charge is 2.14. The van der Waals surface area contributed by atoms with Crippen molar-refractivity contribution >= 4 is 0 Å². The molecule has 1 aromatic carbocycles. The van der Waals surface area contributed by atoms with Gasteiger partial charge in [0.05, 0.1) is 18.5 Å². The van der Waals surface area contributed by atoms with Crippen LogP contribution in [0.5, 0.6) is 11.6 Å². The number of hydrogen-bond donors (Lipinski definition) is 0. The maximum atomic E-state index is 12.5. The van der Waals surface area contributed by atoms with Gasteiger partial charge in [0, 0.05) is 24.4 Å². The molecule has 6 nitrogen and oxygen atoms in total. The minimum Gasteiger partial charge on any atom is -0.476 e. The van der Waals surface area contributed by atoms with Gasteiger partial charge >= 0.3 is 6.61 Å². The Labute approximate surface area is 148 Å². The first-order valence-electron chi connectivity index (χ1n) is 7.93. The Morgan fingerprint density at radius 2 is 1.92 bits per heavy atom. The van der Waals surface area contributed by atoms with Crippen LogP contribution < -0.4 is 9.47 Å². The highest BCUT2D eigenvalue weighted by molar-refractivity contribution is 5.66. The van der Waals surface area contributed by atoms with Gasteiger partial charge in [-0.15, -0.1) is 0 Å². The Morgan fingerprint density at radius 1 is 1.12 bits per heavy atom. The summed E-state index contributed by atoms with van der Waals surface area (Å²) in [4.78, 5) is 16.9. The first kappa shape index (κ1) is 17.7. The van der Waals surface area contributed by atoms with Crippen LogP contribution in [0.2, 0.25) is 0 Å². The summed E-state index contributed by atoms with van der Waals surface area (Å²) < 4.78 is 34.9. The lowest BCUT2D eigenvalue weighted by Gasteiger charge is -2.11. The zero-order chi connectivity index (χ0) is 18.4. The molecule has 0 amide bonds. The molecule has 0 saturated carbocycles. The summed E-state index contributed by atoms with van der Waals surface area (Å²) in [5.74, 6) is 0.373. The van der Waals surface area contributed by atoms with Gasteiger partial charge in [-0.25, -0.2) is 19.9 Å². The van der Waals surface area contributed by atoms with Crippen LogP contribution in [0.15, 0.2) is 49.2 Å². The van der Waals surface area contributed by atoms with Gasteiger partial charge in [0.1, 0.15) is 17.8 Å². The zero-order valence-electron chi connectivity index (χ0n) is 14.0. The van der Waals surface area contributed by atoms with Gasteiger partial charge in [-0.05, 0) is 24.6 Å². The topological polar surface area (TPSA) is 70.0 Å². The number of hydrogen-bond acceptors (Lipinski definition) is 6. The Bertz CT molecular complexity index is 863. The molecule has 0 unspecified atom stereocenters. The molecule has 0 aliphatic heterocycles. The summed E-state index contributed by atoms with van der Waals surface area (Å²) in [6, 6.07) is 6.28. The molecule has 0 N–H and O–H groups in total. The van der Waals surface area contributed by atoms with Crippen LogP contribution in [0.4, 0.5) is 8.78 Å². The average Bonchev–Trinajstić information content (AvgIpc) is 2.64. The fourth-order valence-corrected chi connectivity index (χ4v) is 2.38. The Kier molecular flexibility index (Phi) is 5.62. The quantitative estimate of drug-likeness (QED) is 0.644. The molecule has 0 spiro atoms. The van der Waals surface area contributed by atoms with E-state index in [2.05, 4.69) is 24.7 Å². The lowest BCUT2D eigenvalue weighted by molar-refractivity contribution is -0.0498. The van der Waals surface area contributed by atoms with E-state index < -0.39 is 6.61 Å². The third kappa shape index (κ3) is 4.47. The van der Waals surface area contributed by atoms with Crippen molar-refractivity contribution in [2.75, 3.05) is 6.61 Å². The van der Waals surface area contributed by atoms with Crippen molar-refractivity contribution in [2.24, 2.45) is 0 Å². The normalized spacial score (nSPS) is 10.8. The number of alkyl halides is 2. The van der Waals surface area contributed by atoms with Crippen LogP contribution in [0.25, 0.3) is 11.3 Å². The van der Waals surface area contributed by atoms with Crippen molar-refractivity contribution in [3.8, 4) is 22.9 Å². The monoisotopic (exact) mass is 358 g/mol. The lowest BCUT2D eigenvalue weighted by Crippen LogP contribution is -2.04. The van der Waals surface area contributed by atoms with Gasteiger partial charge in [0.25, 0.3) is 0 Å². The van der Waals surface area contributed by atoms with Crippen molar-refractivity contribution in [3.05, 3.63) is 60.4 Å². The van der Waals surface area contributed by atoms with Crippen LogP contribution in [-0.2, 0) is 6.42 Å². The molecule has 0 bridgehead atoms. The predicted molar refractivity (Wildman–Crippen MR) is 90.1 cm³/mol. The highest BCUT2D eigenvalue weighted by atomic mass is 19.3. The molecule has 26 heavy (non-hydrogen) atoms. The summed E-state index contributed by atoms with van der Waals surface area (Å²) in [7, 11) is 0. The van der Waals surface area contributed by atoms with Crippen molar-refractivity contribution in [2.45, 2.75) is 20.0 Å². The van der Waals surface area contributed by atoms with Crippen LogP contribution in [-0.4, -0.2) is 33.2 Å². The third-order valence-corrected chi connectivity index (χ3v) is 3.40. The molecule has 3 aromatic rings. The standard InChI is InChI=1S/C18H16F2N4O2/c1-2-25-17-16(13-4-3-5-15(7-13)26-18(19)20)24-14(10-23-17)6-12-8-21-11-22-9-12/h3-5,7-11,18H,2,6H2,1H3. The van der Waals surface area contributed by atoms with Crippen LogP contribution in [0, 0.1) is 0 Å². The van der Waals surface area contributed by atoms with Crippen LogP contribution in [0.3, 0.4) is 0 Å². The molecule has 0 radical (unpaired) electrons. The van der Waals surface area contributed by atoms with E-state index in [4.69, 9.17) is 4.74 Å². The largest absolute Gasteiger partial charge is 0.476 e. The Balaban J connectivity index is 1.96. The van der Waals surface area contributed by atoms with Gasteiger partial charge in [-0.2, -0.15) is 8.78 Å². The van der Waals surface area contributed by atoms with Gasteiger partial charge < -0.3 is 9.47 Å². The molecule has 3 rings (SSSR count). The molecule has 2 aromatic heterocycles. The second-order valence-electron chi connectivity index (χ2n) is 5.28. The number of benzene rings is 1. The smallest absolute Gasteiger partial charge is 0.387 e. The van der Waals surface area contributed by atoms with E-state index in [9.17, 15) is 8.78 Å². The summed E-state index contributed by atoms with van der Waals surface area (Å²) in [5, 5.41) is 0. The molecule has 0 saturated heterocycles. The number of aromatic nitrogens is 4. The Hall–Kier alpha value is -3.16. The van der Waals surface area contributed by atoms with Gasteiger partial charge in [0.15, 0.2) is 0 Å². The molecule has 0 atom stereocenters. The molecule has 134 valence electrons. The van der Waals surface area contributed by atoms with E-state index >= 15 is 0 Å². The highest BCUT2D eigenvalue weighted by Crippen LogP contribution is 2.29. The minimum absolute atomic E-state index is 0.0450. The summed E-state index contributed by atoms with van der Waals surface area (Å²) >= 11 is 0. The van der Waals surface area contributed by atoms with Gasteiger partial charge in [-0.1, -0.05) is 12.1 Å². The van der Waals surface area contributed by atoms with Crippen LogP contribution in [0.1, 0.15) is 18.2 Å². The predicted octanol–water partition coefficient (Wildman–Crippen LogP) is 3.52. The lowest BCUT2D eigenvalue weighted by atomic mass is 10.1. The van der Waals surface area contributed by atoms with E-state index in [0.717, 1.165) is 5.56 Å². The SMILES string of the molecule is CCOc1ncc(Cc2cncnc2)nc1-c1cccc(OC(F)F)c1. The first-order chi connectivity index (χ1) is 12.7. The van der Waals surface area contributed by atoms with Crippen LogP contribution >= 0.6 is 0 Å². The van der Waals surface area contributed by atoms with Gasteiger partial charge in [0.2, 0.25) is 5.88 Å². The van der Waals surface area contributed by atoms with E-state index in [0.29, 0.717) is 35.9 Å². The molecular formula is C18H16F2N4O2. The van der Waals surface area contributed by atoms with Gasteiger partial charge in [-0.3, -0.25) is 0 Å². The Morgan fingerprint density at radius 3 is 2.65 bits per heavy atom. The van der Waals surface area contributed by atoms with E-state index in [-0.39, 0.29) is 5.75 Å². The van der Waals surface area contributed by atoms with E-state index in [1.165, 1.54) is 18.5 Å². The second-order valence-corrected chi connectivity index (χ2v) is 5.28. The first-order valence-corrected chi connectivity index (χ1v) is 7.93. The number of ether oxygens (including phenoxy) is 2.